The molecule has 0 bridgehead atoms. The zero-order valence-corrected chi connectivity index (χ0v) is 31.4. The third kappa shape index (κ3) is 11.9. The fourth-order valence-electron chi connectivity index (χ4n) is 5.92. The number of ether oxygens (including phenoxy) is 5. The second kappa shape index (κ2) is 20.7. The number of aromatic nitrogens is 1. The maximum Gasteiger partial charge on any atom is 0.338 e. The molecule has 1 aromatic heterocycles. The van der Waals surface area contributed by atoms with Gasteiger partial charge < -0.3 is 23.7 Å². The molecule has 7 nitrogen and oxygen atoms in total. The van der Waals surface area contributed by atoms with E-state index in [-0.39, 0.29) is 6.61 Å². The molecule has 0 unspecified atom stereocenters. The van der Waals surface area contributed by atoms with E-state index < -0.39 is 5.97 Å². The van der Waals surface area contributed by atoms with Crippen molar-refractivity contribution in [3.05, 3.63) is 121 Å². The Balaban J connectivity index is 1.15. The summed E-state index contributed by atoms with van der Waals surface area (Å²) in [6.45, 7) is 14.4. The van der Waals surface area contributed by atoms with E-state index >= 15 is 0 Å². The molecule has 0 aliphatic carbocycles. The van der Waals surface area contributed by atoms with E-state index in [0.29, 0.717) is 42.3 Å². The number of carbonyl (C=O) groups is 1. The van der Waals surface area contributed by atoms with Crippen LogP contribution in [0.1, 0.15) is 93.1 Å². The standard InChI is InChI=1S/C46H53NO6/c1-5-8-9-12-29-51-39-21-23-40(24-22-39)53-45-43-32-35(7-3)17-25-41(43)42-26-18-37(33-44(42)47-45)46(48)52-31-27-36-15-19-38(20-16-36)50-30-14-11-10-13-28-49-34(4)6-2/h7,15-26,32-33H,3-6,8-14,27-31H2,1-2H3. The van der Waals surface area contributed by atoms with Crippen molar-refractivity contribution < 1.29 is 28.5 Å². The predicted molar refractivity (Wildman–Crippen MR) is 215 cm³/mol. The third-order valence-corrected chi connectivity index (χ3v) is 9.12. The van der Waals surface area contributed by atoms with Gasteiger partial charge in [-0.2, -0.15) is 0 Å². The van der Waals surface area contributed by atoms with Crippen molar-refractivity contribution in [2.75, 3.05) is 26.4 Å². The molecular formula is C46H53NO6. The van der Waals surface area contributed by atoms with Gasteiger partial charge in [-0.3, -0.25) is 0 Å². The van der Waals surface area contributed by atoms with Crippen LogP contribution in [-0.2, 0) is 15.9 Å². The van der Waals surface area contributed by atoms with E-state index in [2.05, 4.69) is 20.1 Å². The molecule has 0 spiro atoms. The van der Waals surface area contributed by atoms with Crippen molar-refractivity contribution >= 4 is 33.7 Å². The minimum Gasteiger partial charge on any atom is -0.499 e. The fraction of sp³-hybridized carbons (Fsp3) is 0.348. The van der Waals surface area contributed by atoms with E-state index in [0.717, 1.165) is 89.7 Å². The van der Waals surface area contributed by atoms with Crippen LogP contribution in [0.15, 0.2) is 104 Å². The molecule has 0 saturated heterocycles. The van der Waals surface area contributed by atoms with E-state index in [4.69, 9.17) is 28.7 Å². The van der Waals surface area contributed by atoms with Gasteiger partial charge >= 0.3 is 5.97 Å². The lowest BCUT2D eigenvalue weighted by Crippen LogP contribution is -2.08. The molecule has 0 fully saturated rings. The van der Waals surface area contributed by atoms with E-state index in [1.165, 1.54) is 19.3 Å². The second-order valence-electron chi connectivity index (χ2n) is 13.2. The maximum absolute atomic E-state index is 13.2. The molecule has 5 rings (SSSR count). The summed E-state index contributed by atoms with van der Waals surface area (Å²) >= 11 is 0. The Morgan fingerprint density at radius 3 is 1.98 bits per heavy atom. The summed E-state index contributed by atoms with van der Waals surface area (Å²) in [6.07, 6.45) is 12.1. The Morgan fingerprint density at radius 2 is 1.30 bits per heavy atom. The Morgan fingerprint density at radius 1 is 0.660 bits per heavy atom. The summed E-state index contributed by atoms with van der Waals surface area (Å²) in [5, 5.41) is 2.74. The van der Waals surface area contributed by atoms with Gasteiger partial charge in [0.25, 0.3) is 0 Å². The molecule has 0 atom stereocenters. The Hall–Kier alpha value is -5.30. The predicted octanol–water partition coefficient (Wildman–Crippen LogP) is 12.1. The van der Waals surface area contributed by atoms with Crippen LogP contribution in [0.2, 0.25) is 0 Å². The van der Waals surface area contributed by atoms with Crippen molar-refractivity contribution in [1.82, 2.24) is 4.98 Å². The lowest BCUT2D eigenvalue weighted by molar-refractivity contribution is 0.0509. The number of rotatable bonds is 23. The van der Waals surface area contributed by atoms with Gasteiger partial charge in [-0.1, -0.05) is 82.7 Å². The molecule has 0 aliphatic heterocycles. The monoisotopic (exact) mass is 715 g/mol. The number of hydrogen-bond donors (Lipinski definition) is 0. The van der Waals surface area contributed by atoms with Gasteiger partial charge in [-0.05, 0) is 103 Å². The summed E-state index contributed by atoms with van der Waals surface area (Å²) in [7, 11) is 0. The van der Waals surface area contributed by atoms with Crippen LogP contribution >= 0.6 is 0 Å². The van der Waals surface area contributed by atoms with Crippen LogP contribution in [0.4, 0.5) is 0 Å². The Bertz CT molecular complexity index is 1930. The minimum absolute atomic E-state index is 0.259. The van der Waals surface area contributed by atoms with Crippen LogP contribution < -0.4 is 14.2 Å². The molecule has 53 heavy (non-hydrogen) atoms. The fourth-order valence-corrected chi connectivity index (χ4v) is 5.92. The molecular weight excluding hydrogens is 663 g/mol. The largest absolute Gasteiger partial charge is 0.499 e. The van der Waals surface area contributed by atoms with Gasteiger partial charge in [-0.15, -0.1) is 0 Å². The molecule has 7 heteroatoms. The van der Waals surface area contributed by atoms with Gasteiger partial charge in [0.1, 0.15) is 17.2 Å². The third-order valence-electron chi connectivity index (χ3n) is 9.12. The van der Waals surface area contributed by atoms with Crippen LogP contribution in [0, 0.1) is 0 Å². The van der Waals surface area contributed by atoms with Crippen LogP contribution in [0.5, 0.6) is 23.1 Å². The zero-order valence-electron chi connectivity index (χ0n) is 31.4. The highest BCUT2D eigenvalue weighted by Crippen LogP contribution is 2.35. The Labute approximate surface area is 314 Å². The molecule has 1 heterocycles. The van der Waals surface area contributed by atoms with Crippen molar-refractivity contribution in [3.8, 4) is 23.1 Å². The zero-order chi connectivity index (χ0) is 37.3. The molecule has 5 aromatic rings. The van der Waals surface area contributed by atoms with Crippen molar-refractivity contribution in [3.63, 3.8) is 0 Å². The van der Waals surface area contributed by atoms with Gasteiger partial charge in [0.15, 0.2) is 0 Å². The highest BCUT2D eigenvalue weighted by molar-refractivity contribution is 6.09. The first-order chi connectivity index (χ1) is 26.0. The Kier molecular flexibility index (Phi) is 15.2. The highest BCUT2D eigenvalue weighted by atomic mass is 16.5. The number of unbranched alkanes of at least 4 members (excludes halogenated alkanes) is 6. The lowest BCUT2D eigenvalue weighted by Gasteiger charge is -2.13. The number of fused-ring (bicyclic) bond motifs is 3. The van der Waals surface area contributed by atoms with E-state index in [1.54, 1.807) is 18.2 Å². The van der Waals surface area contributed by atoms with Crippen molar-refractivity contribution in [2.45, 2.75) is 78.1 Å². The molecule has 0 radical (unpaired) electrons. The average Bonchev–Trinajstić information content (AvgIpc) is 3.19. The normalized spacial score (nSPS) is 11.0. The highest BCUT2D eigenvalue weighted by Gasteiger charge is 2.15. The number of hydrogen-bond acceptors (Lipinski definition) is 7. The quantitative estimate of drug-likeness (QED) is 0.0288. The maximum atomic E-state index is 13.2. The molecule has 0 saturated carbocycles. The van der Waals surface area contributed by atoms with Crippen LogP contribution in [0.25, 0.3) is 27.8 Å². The number of allylic oxidation sites excluding steroid dienone is 1. The summed E-state index contributed by atoms with van der Waals surface area (Å²) in [6, 6.07) is 27.1. The van der Waals surface area contributed by atoms with E-state index in [9.17, 15) is 4.79 Å². The first-order valence-electron chi connectivity index (χ1n) is 19.1. The van der Waals surface area contributed by atoms with Crippen LogP contribution in [0.3, 0.4) is 0 Å². The molecule has 0 aliphatic rings. The van der Waals surface area contributed by atoms with Crippen LogP contribution in [-0.4, -0.2) is 37.4 Å². The SMILES string of the molecule is C=Cc1ccc2c(c1)c(Oc1ccc(OCCCCCC)cc1)nc1cc(C(=O)OCCc3ccc(OCCCCCCOC(=C)CC)cc3)ccc12. The average molecular weight is 716 g/mol. The number of carbonyl (C=O) groups excluding carboxylic acids is 1. The van der Waals surface area contributed by atoms with Gasteiger partial charge in [0.2, 0.25) is 5.88 Å². The first-order valence-corrected chi connectivity index (χ1v) is 19.1. The molecule has 0 N–H and O–H groups in total. The van der Waals surface area contributed by atoms with Crippen molar-refractivity contribution in [1.29, 1.82) is 0 Å². The minimum atomic E-state index is -0.398. The van der Waals surface area contributed by atoms with Gasteiger partial charge in [0, 0.05) is 23.6 Å². The van der Waals surface area contributed by atoms with Gasteiger partial charge in [0.05, 0.1) is 43.3 Å². The van der Waals surface area contributed by atoms with Crippen molar-refractivity contribution in [2.24, 2.45) is 0 Å². The second-order valence-corrected chi connectivity index (χ2v) is 13.2. The summed E-state index contributed by atoms with van der Waals surface area (Å²) in [4.78, 5) is 18.0. The smallest absolute Gasteiger partial charge is 0.338 e. The topological polar surface area (TPSA) is 76.1 Å². The number of pyridine rings is 1. The summed E-state index contributed by atoms with van der Waals surface area (Å²) < 4.78 is 29.4. The number of nitrogens with zero attached hydrogens (tertiary/aromatic N) is 1. The molecule has 0 amide bonds. The first kappa shape index (κ1) is 38.9. The number of esters is 1. The summed E-state index contributed by atoms with van der Waals surface area (Å²) in [5.74, 6) is 3.19. The molecule has 278 valence electrons. The molecule has 4 aromatic carbocycles. The van der Waals surface area contributed by atoms with E-state index in [1.807, 2.05) is 79.7 Å². The number of benzene rings is 4. The lowest BCUT2D eigenvalue weighted by atomic mass is 10.0. The van der Waals surface area contributed by atoms with Gasteiger partial charge in [-0.25, -0.2) is 9.78 Å². The summed E-state index contributed by atoms with van der Waals surface area (Å²) in [5.41, 5.74) is 3.10.